The molecule has 0 aliphatic rings. The van der Waals surface area contributed by atoms with Gasteiger partial charge in [-0.3, -0.25) is 9.78 Å². The minimum absolute atomic E-state index is 0.273. The third-order valence-electron chi connectivity index (χ3n) is 2.92. The topological polar surface area (TPSA) is 81.2 Å². The van der Waals surface area contributed by atoms with Gasteiger partial charge in [-0.1, -0.05) is 6.92 Å². The molecule has 0 aromatic carbocycles. The number of nitrogens with zero attached hydrogens (tertiary/aromatic N) is 1. The van der Waals surface area contributed by atoms with Gasteiger partial charge in [-0.25, -0.2) is 14.2 Å². The van der Waals surface area contributed by atoms with E-state index in [1.807, 2.05) is 13.8 Å². The van der Waals surface area contributed by atoms with Crippen LogP contribution in [0.4, 0.5) is 0 Å². The maximum atomic E-state index is 12.3. The quantitative estimate of drug-likeness (QED) is 0.868. The number of hydrogen-bond acceptors (Lipinski definition) is 5. The molecule has 1 N–H and O–H groups in total. The molecular formula is C13H16N2O4S. The lowest BCUT2D eigenvalue weighted by atomic mass is 10.3. The standard InChI is InChI=1S/C13H16N2O4S/c1-4-5-19-12(17)8(3)15-11(16)9-6-7(2)20-10(9)14-13(15)18/h6,8H,4-5H2,1-3H3,(H,14,18). The van der Waals surface area contributed by atoms with E-state index in [1.54, 1.807) is 6.07 Å². The molecular weight excluding hydrogens is 280 g/mol. The number of aryl methyl sites for hydroxylation is 1. The summed E-state index contributed by atoms with van der Waals surface area (Å²) < 4.78 is 5.90. The predicted molar refractivity (Wildman–Crippen MR) is 77.4 cm³/mol. The third kappa shape index (κ3) is 2.53. The fraction of sp³-hybridized carbons (Fsp3) is 0.462. The third-order valence-corrected chi connectivity index (χ3v) is 3.89. The fourth-order valence-corrected chi connectivity index (χ4v) is 2.82. The van der Waals surface area contributed by atoms with Crippen LogP contribution in [-0.4, -0.2) is 22.1 Å². The number of fused-ring (bicyclic) bond motifs is 1. The van der Waals surface area contributed by atoms with Crippen LogP contribution < -0.4 is 11.2 Å². The van der Waals surface area contributed by atoms with Crippen molar-refractivity contribution >= 4 is 27.5 Å². The number of thiophene rings is 1. The Bertz CT molecular complexity index is 756. The second-order valence-corrected chi connectivity index (χ2v) is 5.80. The van der Waals surface area contributed by atoms with Crippen molar-refractivity contribution in [2.24, 2.45) is 0 Å². The summed E-state index contributed by atoms with van der Waals surface area (Å²) in [7, 11) is 0. The first kappa shape index (κ1) is 14.5. The first-order valence-electron chi connectivity index (χ1n) is 6.37. The average molecular weight is 296 g/mol. The van der Waals surface area contributed by atoms with Crippen molar-refractivity contribution < 1.29 is 9.53 Å². The molecule has 1 atom stereocenters. The Morgan fingerprint density at radius 2 is 2.20 bits per heavy atom. The van der Waals surface area contributed by atoms with Crippen molar-refractivity contribution in [1.29, 1.82) is 0 Å². The van der Waals surface area contributed by atoms with Crippen molar-refractivity contribution in [3.63, 3.8) is 0 Å². The fourth-order valence-electron chi connectivity index (χ4n) is 1.93. The van der Waals surface area contributed by atoms with Gasteiger partial charge in [-0.2, -0.15) is 0 Å². The Hall–Kier alpha value is -1.89. The molecule has 0 amide bonds. The number of ether oxygens (including phenoxy) is 1. The molecule has 0 spiro atoms. The zero-order chi connectivity index (χ0) is 14.9. The van der Waals surface area contributed by atoms with E-state index in [4.69, 9.17) is 4.74 Å². The number of rotatable bonds is 4. The minimum Gasteiger partial charge on any atom is -0.464 e. The Labute approximate surface area is 119 Å². The van der Waals surface area contributed by atoms with Gasteiger partial charge in [0.15, 0.2) is 0 Å². The van der Waals surface area contributed by atoms with Gasteiger partial charge in [0.1, 0.15) is 10.9 Å². The molecule has 2 rings (SSSR count). The van der Waals surface area contributed by atoms with Crippen LogP contribution in [0.2, 0.25) is 0 Å². The summed E-state index contributed by atoms with van der Waals surface area (Å²) in [6.07, 6.45) is 0.687. The zero-order valence-electron chi connectivity index (χ0n) is 11.6. The molecule has 108 valence electrons. The van der Waals surface area contributed by atoms with Gasteiger partial charge in [-0.05, 0) is 26.3 Å². The SMILES string of the molecule is CCCOC(=O)C(C)n1c(=O)[nH]c2sc(C)cc2c1=O. The molecule has 2 aromatic heterocycles. The lowest BCUT2D eigenvalue weighted by Gasteiger charge is -2.12. The number of esters is 1. The number of hydrogen-bond donors (Lipinski definition) is 1. The smallest absolute Gasteiger partial charge is 0.330 e. The highest BCUT2D eigenvalue weighted by Crippen LogP contribution is 2.19. The van der Waals surface area contributed by atoms with Gasteiger partial charge >= 0.3 is 11.7 Å². The summed E-state index contributed by atoms with van der Waals surface area (Å²) in [5.41, 5.74) is -1.06. The van der Waals surface area contributed by atoms with Crippen LogP contribution in [0.3, 0.4) is 0 Å². The van der Waals surface area contributed by atoms with Gasteiger partial charge in [-0.15, -0.1) is 11.3 Å². The molecule has 7 heteroatoms. The van der Waals surface area contributed by atoms with E-state index in [0.29, 0.717) is 16.6 Å². The van der Waals surface area contributed by atoms with Crippen LogP contribution in [0.15, 0.2) is 15.7 Å². The first-order chi connectivity index (χ1) is 9.45. The van der Waals surface area contributed by atoms with Crippen LogP contribution >= 0.6 is 11.3 Å². The van der Waals surface area contributed by atoms with Crippen molar-refractivity contribution in [1.82, 2.24) is 9.55 Å². The van der Waals surface area contributed by atoms with Gasteiger partial charge in [0.05, 0.1) is 12.0 Å². The zero-order valence-corrected chi connectivity index (χ0v) is 12.4. The Balaban J connectivity index is 2.51. The second kappa shape index (κ2) is 5.62. The highest BCUT2D eigenvalue weighted by molar-refractivity contribution is 7.18. The van der Waals surface area contributed by atoms with Crippen LogP contribution in [0.1, 0.15) is 31.2 Å². The Kier molecular flexibility index (Phi) is 4.08. The molecule has 2 aromatic rings. The number of aromatic nitrogens is 2. The molecule has 0 saturated heterocycles. The van der Waals surface area contributed by atoms with Crippen LogP contribution in [0, 0.1) is 6.92 Å². The summed E-state index contributed by atoms with van der Waals surface area (Å²) >= 11 is 1.34. The highest BCUT2D eigenvalue weighted by atomic mass is 32.1. The van der Waals surface area contributed by atoms with Crippen molar-refractivity contribution in [3.8, 4) is 0 Å². The van der Waals surface area contributed by atoms with Crippen molar-refractivity contribution in [2.75, 3.05) is 6.61 Å². The Morgan fingerprint density at radius 1 is 1.50 bits per heavy atom. The number of aromatic amines is 1. The number of nitrogens with one attached hydrogen (secondary N) is 1. The predicted octanol–water partition coefficient (Wildman–Crippen LogP) is 1.57. The van der Waals surface area contributed by atoms with Crippen LogP contribution in [0.5, 0.6) is 0 Å². The molecule has 0 fully saturated rings. The normalized spacial score (nSPS) is 12.6. The van der Waals surface area contributed by atoms with E-state index < -0.39 is 23.3 Å². The summed E-state index contributed by atoms with van der Waals surface area (Å²) in [6, 6.07) is 0.765. The number of carbonyl (C=O) groups excluding carboxylic acids is 1. The van der Waals surface area contributed by atoms with E-state index in [2.05, 4.69) is 4.98 Å². The average Bonchev–Trinajstić information content (AvgIpc) is 2.76. The van der Waals surface area contributed by atoms with Crippen LogP contribution in [-0.2, 0) is 9.53 Å². The molecule has 2 heterocycles. The minimum atomic E-state index is -0.942. The molecule has 0 aliphatic carbocycles. The monoisotopic (exact) mass is 296 g/mol. The Morgan fingerprint density at radius 3 is 2.85 bits per heavy atom. The maximum absolute atomic E-state index is 12.3. The molecule has 6 nitrogen and oxygen atoms in total. The van der Waals surface area contributed by atoms with E-state index >= 15 is 0 Å². The number of H-pyrrole nitrogens is 1. The van der Waals surface area contributed by atoms with E-state index in [0.717, 1.165) is 9.44 Å². The molecule has 20 heavy (non-hydrogen) atoms. The summed E-state index contributed by atoms with van der Waals surface area (Å²) in [5.74, 6) is -0.578. The lowest BCUT2D eigenvalue weighted by Crippen LogP contribution is -2.40. The largest absolute Gasteiger partial charge is 0.464 e. The molecule has 1 unspecified atom stereocenters. The number of carbonyl (C=O) groups is 1. The van der Waals surface area contributed by atoms with Gasteiger partial charge in [0.2, 0.25) is 0 Å². The van der Waals surface area contributed by atoms with E-state index in [9.17, 15) is 14.4 Å². The molecule has 0 bridgehead atoms. The van der Waals surface area contributed by atoms with Crippen LogP contribution in [0.25, 0.3) is 10.2 Å². The second-order valence-electron chi connectivity index (χ2n) is 4.55. The summed E-state index contributed by atoms with van der Waals surface area (Å²) in [5, 5.41) is 0.419. The van der Waals surface area contributed by atoms with Gasteiger partial charge in [0.25, 0.3) is 5.56 Å². The molecule has 0 radical (unpaired) electrons. The first-order valence-corrected chi connectivity index (χ1v) is 7.19. The van der Waals surface area contributed by atoms with E-state index in [1.165, 1.54) is 18.3 Å². The summed E-state index contributed by atoms with van der Waals surface area (Å²) in [4.78, 5) is 40.2. The van der Waals surface area contributed by atoms with Crippen molar-refractivity contribution in [2.45, 2.75) is 33.2 Å². The highest BCUT2D eigenvalue weighted by Gasteiger charge is 2.22. The van der Waals surface area contributed by atoms with Crippen molar-refractivity contribution in [3.05, 3.63) is 31.8 Å². The van der Waals surface area contributed by atoms with E-state index in [-0.39, 0.29) is 6.61 Å². The molecule has 0 aliphatic heterocycles. The van der Waals surface area contributed by atoms with Gasteiger partial charge < -0.3 is 4.74 Å². The molecule has 0 saturated carbocycles. The summed E-state index contributed by atoms with van der Waals surface area (Å²) in [6.45, 7) is 5.48. The maximum Gasteiger partial charge on any atom is 0.330 e. The van der Waals surface area contributed by atoms with Gasteiger partial charge in [0, 0.05) is 4.88 Å². The lowest BCUT2D eigenvalue weighted by molar-refractivity contribution is -0.147.